The Balaban J connectivity index is 2.28. The first-order valence-corrected chi connectivity index (χ1v) is 6.69. The predicted octanol–water partition coefficient (Wildman–Crippen LogP) is 0.479. The summed E-state index contributed by atoms with van der Waals surface area (Å²) in [4.78, 5) is 36.1. The number of carbonyl (C=O) groups is 2. The number of fused-ring (bicyclic) bond motifs is 2. The van der Waals surface area contributed by atoms with Crippen molar-refractivity contribution < 1.29 is 19.4 Å². The Morgan fingerprint density at radius 3 is 2.85 bits per heavy atom. The Kier molecular flexibility index (Phi) is 2.79. The van der Waals surface area contributed by atoms with Gasteiger partial charge in [0.2, 0.25) is 0 Å². The molecule has 6 nitrogen and oxygen atoms in total. The van der Waals surface area contributed by atoms with Crippen molar-refractivity contribution in [2.75, 3.05) is 0 Å². The van der Waals surface area contributed by atoms with E-state index in [-0.39, 0.29) is 47.6 Å². The van der Waals surface area contributed by atoms with Crippen LogP contribution in [0.2, 0.25) is 0 Å². The fourth-order valence-electron chi connectivity index (χ4n) is 2.96. The highest BCUT2D eigenvalue weighted by atomic mass is 16.6. The Morgan fingerprint density at radius 2 is 2.15 bits per heavy atom. The molecule has 0 aromatic carbocycles. The fourth-order valence-corrected chi connectivity index (χ4v) is 2.96. The average Bonchev–Trinajstić information content (AvgIpc) is 2.78. The molecule has 1 atom stereocenters. The van der Waals surface area contributed by atoms with E-state index < -0.39 is 11.6 Å². The van der Waals surface area contributed by atoms with Gasteiger partial charge >= 0.3 is 5.97 Å². The number of cyclic esters (lactones) is 1. The molecule has 2 aliphatic heterocycles. The summed E-state index contributed by atoms with van der Waals surface area (Å²) >= 11 is 0. The van der Waals surface area contributed by atoms with Crippen molar-refractivity contribution in [2.24, 2.45) is 0 Å². The van der Waals surface area contributed by atoms with E-state index in [2.05, 4.69) is 0 Å². The highest BCUT2D eigenvalue weighted by molar-refractivity contribution is 5.97. The number of carbonyl (C=O) groups excluding carboxylic acids is 2. The second-order valence-corrected chi connectivity index (χ2v) is 5.24. The Morgan fingerprint density at radius 1 is 1.40 bits per heavy atom. The SMILES string of the molecule is CCCC1(O)C(=O)OCc2c1cc1n(c2=O)CCC1=O. The maximum Gasteiger partial charge on any atom is 0.343 e. The van der Waals surface area contributed by atoms with Crippen LogP contribution >= 0.6 is 0 Å². The number of ether oxygens (including phenoxy) is 1. The van der Waals surface area contributed by atoms with Gasteiger partial charge in [-0.15, -0.1) is 0 Å². The van der Waals surface area contributed by atoms with Gasteiger partial charge in [0.25, 0.3) is 5.56 Å². The molecular formula is C14H15NO5. The lowest BCUT2D eigenvalue weighted by Crippen LogP contribution is -2.45. The molecule has 1 unspecified atom stereocenters. The number of Topliss-reactive ketones (excluding diaryl/α,β-unsaturated/α-hetero) is 1. The summed E-state index contributed by atoms with van der Waals surface area (Å²) in [5.41, 5.74) is -1.37. The Labute approximate surface area is 115 Å². The number of hydrogen-bond donors (Lipinski definition) is 1. The van der Waals surface area contributed by atoms with Crippen LogP contribution in [0.4, 0.5) is 0 Å². The maximum absolute atomic E-state index is 12.4. The molecule has 1 N–H and O–H groups in total. The smallest absolute Gasteiger partial charge is 0.343 e. The summed E-state index contributed by atoms with van der Waals surface area (Å²) in [6.45, 7) is 2.03. The standard InChI is InChI=1S/C14H15NO5/c1-2-4-14(19)9-6-10-11(16)3-5-15(10)12(17)8(9)7-20-13(14)18/h6,19H,2-5,7H2,1H3. The molecule has 106 valence electrons. The molecule has 0 radical (unpaired) electrons. The number of nitrogens with zero attached hydrogens (tertiary/aromatic N) is 1. The van der Waals surface area contributed by atoms with Crippen LogP contribution in [0.15, 0.2) is 10.9 Å². The molecule has 0 fully saturated rings. The van der Waals surface area contributed by atoms with Gasteiger partial charge in [-0.05, 0) is 12.5 Å². The minimum atomic E-state index is -1.82. The first kappa shape index (κ1) is 13.1. The monoisotopic (exact) mass is 277 g/mol. The maximum atomic E-state index is 12.4. The molecular weight excluding hydrogens is 262 g/mol. The van der Waals surface area contributed by atoms with Gasteiger partial charge in [-0.25, -0.2) is 4.79 Å². The molecule has 0 amide bonds. The van der Waals surface area contributed by atoms with Gasteiger partial charge in [0, 0.05) is 18.5 Å². The van der Waals surface area contributed by atoms with Gasteiger partial charge in [-0.1, -0.05) is 13.3 Å². The molecule has 0 bridgehead atoms. The van der Waals surface area contributed by atoms with Gasteiger partial charge in [0.15, 0.2) is 11.4 Å². The normalized spacial score (nSPS) is 24.3. The Hall–Kier alpha value is -1.95. The minimum Gasteiger partial charge on any atom is -0.458 e. The molecule has 20 heavy (non-hydrogen) atoms. The number of aliphatic hydroxyl groups is 1. The fraction of sp³-hybridized carbons (Fsp3) is 0.500. The van der Waals surface area contributed by atoms with Crippen molar-refractivity contribution in [2.45, 2.75) is 44.9 Å². The lowest BCUT2D eigenvalue weighted by atomic mass is 9.84. The quantitative estimate of drug-likeness (QED) is 0.795. The van der Waals surface area contributed by atoms with Crippen LogP contribution in [0.3, 0.4) is 0 Å². The predicted molar refractivity (Wildman–Crippen MR) is 68.3 cm³/mol. The molecule has 1 aromatic rings. The van der Waals surface area contributed by atoms with Gasteiger partial charge in [-0.2, -0.15) is 0 Å². The second kappa shape index (κ2) is 4.28. The topological polar surface area (TPSA) is 85.6 Å². The summed E-state index contributed by atoms with van der Waals surface area (Å²) in [6.07, 6.45) is 0.993. The van der Waals surface area contributed by atoms with E-state index >= 15 is 0 Å². The lowest BCUT2D eigenvalue weighted by Gasteiger charge is -2.32. The average molecular weight is 277 g/mol. The molecule has 3 rings (SSSR count). The molecule has 0 spiro atoms. The lowest BCUT2D eigenvalue weighted by molar-refractivity contribution is -0.172. The van der Waals surface area contributed by atoms with Crippen molar-refractivity contribution in [3.05, 3.63) is 33.2 Å². The largest absolute Gasteiger partial charge is 0.458 e. The van der Waals surface area contributed by atoms with Crippen LogP contribution in [0.5, 0.6) is 0 Å². The van der Waals surface area contributed by atoms with Crippen molar-refractivity contribution in [3.63, 3.8) is 0 Å². The van der Waals surface area contributed by atoms with Crippen molar-refractivity contribution in [1.82, 2.24) is 4.57 Å². The van der Waals surface area contributed by atoms with Crippen LogP contribution in [0.25, 0.3) is 0 Å². The number of aromatic nitrogens is 1. The van der Waals surface area contributed by atoms with E-state index in [0.29, 0.717) is 13.0 Å². The minimum absolute atomic E-state index is 0.136. The Bertz CT molecular complexity index is 675. The zero-order valence-corrected chi connectivity index (χ0v) is 11.1. The number of hydrogen-bond acceptors (Lipinski definition) is 5. The number of pyridine rings is 1. The van der Waals surface area contributed by atoms with Gasteiger partial charge < -0.3 is 14.4 Å². The third-order valence-corrected chi connectivity index (χ3v) is 3.99. The highest BCUT2D eigenvalue weighted by Crippen LogP contribution is 2.35. The summed E-state index contributed by atoms with van der Waals surface area (Å²) in [7, 11) is 0. The number of ketones is 1. The van der Waals surface area contributed by atoms with E-state index in [4.69, 9.17) is 4.74 Å². The zero-order valence-electron chi connectivity index (χ0n) is 11.1. The van der Waals surface area contributed by atoms with Gasteiger partial charge in [0.1, 0.15) is 6.61 Å². The van der Waals surface area contributed by atoms with E-state index in [1.807, 2.05) is 6.92 Å². The third kappa shape index (κ3) is 1.57. The molecule has 0 saturated carbocycles. The van der Waals surface area contributed by atoms with Crippen LogP contribution in [0, 0.1) is 0 Å². The van der Waals surface area contributed by atoms with E-state index in [9.17, 15) is 19.5 Å². The molecule has 0 saturated heterocycles. The van der Waals surface area contributed by atoms with E-state index in [1.54, 1.807) is 0 Å². The number of esters is 1. The number of rotatable bonds is 2. The van der Waals surface area contributed by atoms with Crippen LogP contribution in [-0.2, 0) is 28.3 Å². The first-order chi connectivity index (χ1) is 9.49. The second-order valence-electron chi connectivity index (χ2n) is 5.24. The summed E-state index contributed by atoms with van der Waals surface area (Å²) in [5.74, 6) is -0.885. The molecule has 3 heterocycles. The van der Waals surface area contributed by atoms with Crippen LogP contribution < -0.4 is 5.56 Å². The molecule has 6 heteroatoms. The van der Waals surface area contributed by atoms with E-state index in [1.165, 1.54) is 10.6 Å². The third-order valence-electron chi connectivity index (χ3n) is 3.99. The van der Waals surface area contributed by atoms with Crippen LogP contribution in [-0.4, -0.2) is 21.4 Å². The highest BCUT2D eigenvalue weighted by Gasteiger charge is 2.45. The summed E-state index contributed by atoms with van der Waals surface area (Å²) in [6, 6.07) is 1.49. The summed E-state index contributed by atoms with van der Waals surface area (Å²) < 4.78 is 6.35. The molecule has 1 aromatic heterocycles. The van der Waals surface area contributed by atoms with Gasteiger partial charge in [0.05, 0.1) is 11.3 Å². The summed E-state index contributed by atoms with van der Waals surface area (Å²) in [5, 5.41) is 10.6. The van der Waals surface area contributed by atoms with Gasteiger partial charge in [-0.3, -0.25) is 9.59 Å². The van der Waals surface area contributed by atoms with Crippen molar-refractivity contribution >= 4 is 11.8 Å². The van der Waals surface area contributed by atoms with Crippen molar-refractivity contribution in [1.29, 1.82) is 0 Å². The van der Waals surface area contributed by atoms with E-state index in [0.717, 1.165) is 0 Å². The van der Waals surface area contributed by atoms with Crippen molar-refractivity contribution in [3.8, 4) is 0 Å². The molecule has 0 aliphatic carbocycles. The first-order valence-electron chi connectivity index (χ1n) is 6.69. The molecule has 2 aliphatic rings. The van der Waals surface area contributed by atoms with Crippen LogP contribution in [0.1, 0.15) is 47.8 Å². The zero-order chi connectivity index (χ0) is 14.5.